The van der Waals surface area contributed by atoms with Crippen LogP contribution in [0.1, 0.15) is 6.42 Å². The van der Waals surface area contributed by atoms with E-state index in [4.69, 9.17) is 19.1 Å². The number of ether oxygens (including phenoxy) is 2. The fourth-order valence-electron chi connectivity index (χ4n) is 1.03. The molecule has 0 heterocycles. The molecule has 19 heavy (non-hydrogen) atoms. The molecule has 1 aromatic rings. The molecule has 0 aliphatic rings. The first-order chi connectivity index (χ1) is 8.93. The third-order valence-corrected chi connectivity index (χ3v) is 1.68. The second kappa shape index (κ2) is 10.7. The Bertz CT molecular complexity index is 395. The molecule has 0 spiro atoms. The van der Waals surface area contributed by atoms with Crippen molar-refractivity contribution in [1.29, 1.82) is 0 Å². The number of hydrogen-bond donors (Lipinski definition) is 2. The van der Waals surface area contributed by atoms with Gasteiger partial charge in [-0.05, 0) is 12.1 Å². The van der Waals surface area contributed by atoms with Gasteiger partial charge in [-0.3, -0.25) is 4.55 Å². The Kier molecular flexibility index (Phi) is 10.1. The molecule has 110 valence electrons. The molecule has 1 rings (SSSR count). The Hall–Kier alpha value is -1.15. The van der Waals surface area contributed by atoms with E-state index >= 15 is 0 Å². The fraction of sp³-hybridized carbons (Fsp3) is 0.500. The second-order valence-electron chi connectivity index (χ2n) is 3.58. The van der Waals surface area contributed by atoms with Gasteiger partial charge in [-0.15, -0.1) is 0 Å². The molecule has 1 aromatic carbocycles. The topological polar surface area (TPSA) is 93.1 Å². The van der Waals surface area contributed by atoms with Crippen LogP contribution in [0, 0.1) is 0 Å². The molecule has 0 aliphatic carbocycles. The monoisotopic (exact) mass is 292 g/mol. The Balaban J connectivity index is 0.000000555. The standard InChI is InChI=1S/C11H16O3.CH4O3S/c12-7-10-13-8-4-9-14-11-5-2-1-3-6-11;1-5(2,3)4/h1-3,5-6,12H,4,7-10H2;1H3,(H,2,3,4). The number of hydrogen-bond acceptors (Lipinski definition) is 5. The number of aliphatic hydroxyl groups excluding tert-OH is 1. The predicted octanol–water partition coefficient (Wildman–Crippen LogP) is 0.968. The lowest BCUT2D eigenvalue weighted by Gasteiger charge is -2.05. The zero-order valence-electron chi connectivity index (χ0n) is 10.9. The molecule has 0 saturated heterocycles. The van der Waals surface area contributed by atoms with Gasteiger partial charge in [-0.2, -0.15) is 8.42 Å². The molecule has 0 fully saturated rings. The highest BCUT2D eigenvalue weighted by Gasteiger charge is 1.91. The Morgan fingerprint density at radius 1 is 1.11 bits per heavy atom. The first kappa shape index (κ1) is 17.8. The summed E-state index contributed by atoms with van der Waals surface area (Å²) in [6, 6.07) is 9.69. The third-order valence-electron chi connectivity index (χ3n) is 1.68. The molecule has 0 unspecified atom stereocenters. The summed E-state index contributed by atoms with van der Waals surface area (Å²) < 4.78 is 36.4. The van der Waals surface area contributed by atoms with Gasteiger partial charge in [-0.25, -0.2) is 0 Å². The van der Waals surface area contributed by atoms with Crippen LogP contribution in [0.5, 0.6) is 5.75 Å². The van der Waals surface area contributed by atoms with Crippen LogP contribution in [0.15, 0.2) is 30.3 Å². The zero-order chi connectivity index (χ0) is 14.6. The molecular weight excluding hydrogens is 272 g/mol. The van der Waals surface area contributed by atoms with E-state index in [1.807, 2.05) is 30.3 Å². The molecule has 0 saturated carbocycles. The Morgan fingerprint density at radius 2 is 1.68 bits per heavy atom. The quantitative estimate of drug-likeness (QED) is 0.574. The first-order valence-electron chi connectivity index (χ1n) is 5.72. The van der Waals surface area contributed by atoms with Gasteiger partial charge in [0, 0.05) is 13.0 Å². The van der Waals surface area contributed by atoms with E-state index in [1.165, 1.54) is 0 Å². The lowest BCUT2D eigenvalue weighted by molar-refractivity contribution is 0.0836. The van der Waals surface area contributed by atoms with E-state index < -0.39 is 10.1 Å². The summed E-state index contributed by atoms with van der Waals surface area (Å²) in [4.78, 5) is 0. The van der Waals surface area contributed by atoms with Crippen molar-refractivity contribution < 1.29 is 27.6 Å². The molecule has 6 nitrogen and oxygen atoms in total. The van der Waals surface area contributed by atoms with Crippen LogP contribution < -0.4 is 4.74 Å². The van der Waals surface area contributed by atoms with Gasteiger partial charge in [0.1, 0.15) is 5.75 Å². The van der Waals surface area contributed by atoms with Crippen molar-refractivity contribution >= 4 is 10.1 Å². The molecule has 0 aliphatic heterocycles. The summed E-state index contributed by atoms with van der Waals surface area (Å²) in [5.41, 5.74) is 0. The Labute approximate surface area is 113 Å². The van der Waals surface area contributed by atoms with Gasteiger partial charge in [0.15, 0.2) is 0 Å². The predicted molar refractivity (Wildman–Crippen MR) is 71.9 cm³/mol. The lowest BCUT2D eigenvalue weighted by atomic mass is 10.3. The molecule has 0 bridgehead atoms. The Morgan fingerprint density at radius 3 is 2.21 bits per heavy atom. The van der Waals surface area contributed by atoms with Crippen LogP contribution in [-0.2, 0) is 14.9 Å². The first-order valence-corrected chi connectivity index (χ1v) is 7.57. The van der Waals surface area contributed by atoms with Crippen molar-refractivity contribution in [1.82, 2.24) is 0 Å². The maximum Gasteiger partial charge on any atom is 0.261 e. The van der Waals surface area contributed by atoms with Crippen molar-refractivity contribution in [2.24, 2.45) is 0 Å². The van der Waals surface area contributed by atoms with Crippen molar-refractivity contribution in [3.05, 3.63) is 30.3 Å². The normalized spacial score (nSPS) is 10.5. The van der Waals surface area contributed by atoms with Gasteiger partial charge in [-0.1, -0.05) is 18.2 Å². The number of para-hydroxylation sites is 1. The van der Waals surface area contributed by atoms with Crippen molar-refractivity contribution in [3.8, 4) is 5.75 Å². The smallest absolute Gasteiger partial charge is 0.261 e. The minimum Gasteiger partial charge on any atom is -0.494 e. The van der Waals surface area contributed by atoms with Crippen LogP contribution in [0.4, 0.5) is 0 Å². The van der Waals surface area contributed by atoms with Gasteiger partial charge >= 0.3 is 0 Å². The van der Waals surface area contributed by atoms with Crippen LogP contribution in [0.3, 0.4) is 0 Å². The van der Waals surface area contributed by atoms with Gasteiger partial charge in [0.25, 0.3) is 10.1 Å². The molecule has 7 heteroatoms. The summed E-state index contributed by atoms with van der Waals surface area (Å²) in [7, 11) is -3.67. The lowest BCUT2D eigenvalue weighted by Crippen LogP contribution is -2.05. The summed E-state index contributed by atoms with van der Waals surface area (Å²) in [5, 5.41) is 8.44. The number of rotatable bonds is 7. The van der Waals surface area contributed by atoms with Gasteiger partial charge in [0.2, 0.25) is 0 Å². The van der Waals surface area contributed by atoms with E-state index in [2.05, 4.69) is 0 Å². The van der Waals surface area contributed by atoms with Crippen LogP contribution in [0.25, 0.3) is 0 Å². The molecule has 2 N–H and O–H groups in total. The van der Waals surface area contributed by atoms with Gasteiger partial charge < -0.3 is 14.6 Å². The van der Waals surface area contributed by atoms with E-state index in [0.717, 1.165) is 12.2 Å². The highest BCUT2D eigenvalue weighted by molar-refractivity contribution is 7.85. The van der Waals surface area contributed by atoms with Crippen molar-refractivity contribution in [3.63, 3.8) is 0 Å². The van der Waals surface area contributed by atoms with E-state index in [-0.39, 0.29) is 6.61 Å². The summed E-state index contributed by atoms with van der Waals surface area (Å²) >= 11 is 0. The second-order valence-corrected chi connectivity index (χ2v) is 5.05. The van der Waals surface area contributed by atoms with Crippen LogP contribution in [-0.4, -0.2) is 50.8 Å². The zero-order valence-corrected chi connectivity index (χ0v) is 11.7. The fourth-order valence-corrected chi connectivity index (χ4v) is 1.03. The van der Waals surface area contributed by atoms with Crippen LogP contribution >= 0.6 is 0 Å². The number of benzene rings is 1. The van der Waals surface area contributed by atoms with Gasteiger partial charge in [0.05, 0.1) is 26.1 Å². The molecular formula is C12H20O6S. The van der Waals surface area contributed by atoms with Crippen LogP contribution in [0.2, 0.25) is 0 Å². The molecule has 0 amide bonds. The maximum absolute atomic E-state index is 9.19. The minimum atomic E-state index is -3.67. The largest absolute Gasteiger partial charge is 0.494 e. The van der Waals surface area contributed by atoms with E-state index in [1.54, 1.807) is 0 Å². The number of aliphatic hydroxyl groups is 1. The van der Waals surface area contributed by atoms with E-state index in [9.17, 15) is 8.42 Å². The van der Waals surface area contributed by atoms with E-state index in [0.29, 0.717) is 26.1 Å². The third kappa shape index (κ3) is 16.9. The SMILES string of the molecule is CS(=O)(=O)O.OCCOCCCOc1ccccc1. The summed E-state index contributed by atoms with van der Waals surface area (Å²) in [6.45, 7) is 1.77. The minimum absolute atomic E-state index is 0.0829. The molecule has 0 radical (unpaired) electrons. The van der Waals surface area contributed by atoms with Crippen molar-refractivity contribution in [2.75, 3.05) is 32.7 Å². The molecule has 0 atom stereocenters. The maximum atomic E-state index is 9.19. The average molecular weight is 292 g/mol. The molecule has 0 aromatic heterocycles. The van der Waals surface area contributed by atoms with Crippen molar-refractivity contribution in [2.45, 2.75) is 6.42 Å². The average Bonchev–Trinajstić information content (AvgIpc) is 2.33. The summed E-state index contributed by atoms with van der Waals surface area (Å²) in [5.74, 6) is 0.884. The highest BCUT2D eigenvalue weighted by Crippen LogP contribution is 2.08. The highest BCUT2D eigenvalue weighted by atomic mass is 32.2. The summed E-state index contributed by atoms with van der Waals surface area (Å²) in [6.07, 6.45) is 1.56.